The molecule has 0 atom stereocenters. The first-order valence-electron chi connectivity index (χ1n) is 8.89. The predicted octanol–water partition coefficient (Wildman–Crippen LogP) is 3.39. The minimum atomic E-state index is -1.63. The van der Waals surface area contributed by atoms with Gasteiger partial charge in [0.15, 0.2) is 23.3 Å². The van der Waals surface area contributed by atoms with Crippen LogP contribution in [0.2, 0.25) is 0 Å². The Balaban J connectivity index is 1.83. The second-order valence-corrected chi connectivity index (χ2v) is 6.81. The number of aromatic amines is 1. The topological polar surface area (TPSA) is 75.5 Å². The molecule has 2 aromatic carbocycles. The van der Waals surface area contributed by atoms with Gasteiger partial charge >= 0.3 is 0 Å². The Labute approximate surface area is 172 Å². The monoisotopic (exact) mass is 433 g/mol. The van der Waals surface area contributed by atoms with Crippen molar-refractivity contribution in [2.45, 2.75) is 0 Å². The fourth-order valence-electron chi connectivity index (χ4n) is 3.20. The molecule has 0 fully saturated rings. The molecule has 2 heterocycles. The van der Waals surface area contributed by atoms with E-state index in [0.29, 0.717) is 33.1 Å². The predicted molar refractivity (Wildman–Crippen MR) is 108 cm³/mol. The highest BCUT2D eigenvalue weighted by molar-refractivity contribution is 6.04. The normalized spacial score (nSPS) is 11.7. The number of ether oxygens (including phenoxy) is 1. The summed E-state index contributed by atoms with van der Waals surface area (Å²) in [5.74, 6) is -5.85. The van der Waals surface area contributed by atoms with E-state index < -0.39 is 40.1 Å². The molecule has 160 valence electrons. The number of rotatable bonds is 4. The molecule has 0 spiro atoms. The lowest BCUT2D eigenvalue weighted by Crippen LogP contribution is -2.19. The number of anilines is 1. The van der Waals surface area contributed by atoms with Crippen molar-refractivity contribution in [3.63, 3.8) is 0 Å². The Kier molecular flexibility index (Phi) is 4.88. The van der Waals surface area contributed by atoms with Crippen LogP contribution >= 0.6 is 0 Å². The molecule has 4 aromatic rings. The lowest BCUT2D eigenvalue weighted by atomic mass is 10.1. The number of benzene rings is 2. The number of aromatic nitrogens is 3. The molecule has 0 aliphatic rings. The molecule has 0 aliphatic carbocycles. The maximum Gasteiger partial charge on any atom is 0.298 e. The van der Waals surface area contributed by atoms with Crippen LogP contribution in [0.15, 0.2) is 34.4 Å². The summed E-state index contributed by atoms with van der Waals surface area (Å²) in [6, 6.07) is 5.09. The van der Waals surface area contributed by atoms with E-state index in [4.69, 9.17) is 4.74 Å². The van der Waals surface area contributed by atoms with Gasteiger partial charge in [0.25, 0.3) is 5.56 Å². The molecule has 0 amide bonds. The third-order valence-corrected chi connectivity index (χ3v) is 4.73. The maximum atomic E-state index is 14.3. The third-order valence-electron chi connectivity index (χ3n) is 4.73. The Bertz CT molecular complexity index is 1400. The number of methoxy groups -OCH3 is 1. The van der Waals surface area contributed by atoms with Crippen molar-refractivity contribution in [1.82, 2.24) is 14.6 Å². The number of H-pyrrole nitrogens is 1. The lowest BCUT2D eigenvalue weighted by Gasteiger charge is -2.16. The number of hydrogen-bond acceptors (Lipinski definition) is 5. The molecule has 0 bridgehead atoms. The zero-order valence-corrected chi connectivity index (χ0v) is 16.5. The highest BCUT2D eigenvalue weighted by atomic mass is 19.2. The van der Waals surface area contributed by atoms with Crippen LogP contribution in [0.3, 0.4) is 0 Å². The van der Waals surface area contributed by atoms with Crippen LogP contribution < -0.4 is 15.2 Å². The molecule has 11 heteroatoms. The quantitative estimate of drug-likeness (QED) is 0.304. The SMILES string of the molecule is COc1ccc2[nH]c3c(=O)n(/N=C/c4c(F)c(F)c(N(C)C)c(F)c4F)cnc3c2c1. The van der Waals surface area contributed by atoms with Gasteiger partial charge in [0, 0.05) is 25.0 Å². The molecule has 7 nitrogen and oxygen atoms in total. The minimum Gasteiger partial charge on any atom is -0.497 e. The van der Waals surface area contributed by atoms with E-state index in [1.54, 1.807) is 18.2 Å². The standard InChI is InChI=1S/C20H15F4N5O2/c1-28(2)19-15(23)13(21)11(14(22)16(19)24)7-26-29-8-25-17-10-6-9(31-3)4-5-12(10)27-18(17)20(29)30/h4-8,27H,1-3H3/b26-7+. The van der Waals surface area contributed by atoms with Gasteiger partial charge in [-0.25, -0.2) is 22.5 Å². The van der Waals surface area contributed by atoms with Crippen LogP contribution in [0.4, 0.5) is 23.2 Å². The smallest absolute Gasteiger partial charge is 0.298 e. The van der Waals surface area contributed by atoms with Gasteiger partial charge in [-0.15, -0.1) is 0 Å². The summed E-state index contributed by atoms with van der Waals surface area (Å²) in [7, 11) is 3.98. The highest BCUT2D eigenvalue weighted by Gasteiger charge is 2.25. The van der Waals surface area contributed by atoms with Crippen LogP contribution in [-0.2, 0) is 0 Å². The van der Waals surface area contributed by atoms with Gasteiger partial charge in [-0.3, -0.25) is 4.79 Å². The van der Waals surface area contributed by atoms with Crippen molar-refractivity contribution in [1.29, 1.82) is 0 Å². The van der Waals surface area contributed by atoms with Crippen LogP contribution in [0.1, 0.15) is 5.56 Å². The zero-order chi connectivity index (χ0) is 22.4. The van der Waals surface area contributed by atoms with Crippen molar-refractivity contribution in [3.8, 4) is 5.75 Å². The number of nitrogens with zero attached hydrogens (tertiary/aromatic N) is 4. The lowest BCUT2D eigenvalue weighted by molar-refractivity contribution is 0.415. The first kappa shape index (κ1) is 20.4. The van der Waals surface area contributed by atoms with E-state index in [9.17, 15) is 22.4 Å². The van der Waals surface area contributed by atoms with Crippen LogP contribution in [0, 0.1) is 23.3 Å². The van der Waals surface area contributed by atoms with Gasteiger partial charge in [-0.2, -0.15) is 9.78 Å². The van der Waals surface area contributed by atoms with Gasteiger partial charge in [-0.05, 0) is 18.2 Å². The van der Waals surface area contributed by atoms with E-state index >= 15 is 0 Å². The molecule has 0 aliphatic heterocycles. The fraction of sp³-hybridized carbons (Fsp3) is 0.150. The van der Waals surface area contributed by atoms with Gasteiger partial charge in [0.2, 0.25) is 0 Å². The molecule has 31 heavy (non-hydrogen) atoms. The average molecular weight is 433 g/mol. The van der Waals surface area contributed by atoms with Crippen LogP contribution in [0.25, 0.3) is 21.9 Å². The first-order chi connectivity index (χ1) is 14.7. The second-order valence-electron chi connectivity index (χ2n) is 6.81. The first-order valence-corrected chi connectivity index (χ1v) is 8.89. The van der Waals surface area contributed by atoms with Gasteiger partial charge in [-0.1, -0.05) is 0 Å². The summed E-state index contributed by atoms with van der Waals surface area (Å²) in [5.41, 5.74) is -1.56. The maximum absolute atomic E-state index is 14.3. The Hall–Kier alpha value is -3.89. The zero-order valence-electron chi connectivity index (χ0n) is 16.5. The van der Waals surface area contributed by atoms with Crippen LogP contribution in [0.5, 0.6) is 5.75 Å². The molecule has 0 saturated heterocycles. The van der Waals surface area contributed by atoms with Crippen molar-refractivity contribution >= 4 is 33.8 Å². The van der Waals surface area contributed by atoms with E-state index in [0.717, 1.165) is 11.2 Å². The Morgan fingerprint density at radius 3 is 2.42 bits per heavy atom. The molecule has 0 radical (unpaired) electrons. The largest absolute Gasteiger partial charge is 0.497 e. The summed E-state index contributed by atoms with van der Waals surface area (Å²) < 4.78 is 62.8. The van der Waals surface area contributed by atoms with E-state index in [1.807, 2.05) is 0 Å². The van der Waals surface area contributed by atoms with E-state index in [2.05, 4.69) is 15.1 Å². The molecule has 4 rings (SSSR count). The molecule has 1 N–H and O–H groups in total. The number of hydrogen-bond donors (Lipinski definition) is 1. The average Bonchev–Trinajstić information content (AvgIpc) is 3.12. The van der Waals surface area contributed by atoms with Gasteiger partial charge in [0.1, 0.15) is 28.8 Å². The number of halogens is 4. The number of nitrogens with one attached hydrogen (secondary N) is 1. The van der Waals surface area contributed by atoms with Crippen molar-refractivity contribution in [2.24, 2.45) is 5.10 Å². The fourth-order valence-corrected chi connectivity index (χ4v) is 3.20. The summed E-state index contributed by atoms with van der Waals surface area (Å²) in [6.07, 6.45) is 1.56. The van der Waals surface area contributed by atoms with Crippen LogP contribution in [-0.4, -0.2) is 42.1 Å². The van der Waals surface area contributed by atoms with E-state index in [1.165, 1.54) is 21.2 Å². The second kappa shape index (κ2) is 7.42. The summed E-state index contributed by atoms with van der Waals surface area (Å²) in [4.78, 5) is 20.7. The molecule has 0 saturated carbocycles. The van der Waals surface area contributed by atoms with Gasteiger partial charge < -0.3 is 14.6 Å². The summed E-state index contributed by atoms with van der Waals surface area (Å²) >= 11 is 0. The Morgan fingerprint density at radius 1 is 1.13 bits per heavy atom. The van der Waals surface area contributed by atoms with Crippen molar-refractivity contribution < 1.29 is 22.3 Å². The molecular weight excluding hydrogens is 418 g/mol. The highest BCUT2D eigenvalue weighted by Crippen LogP contribution is 2.29. The summed E-state index contributed by atoms with van der Waals surface area (Å²) in [5, 5.41) is 4.28. The minimum absolute atomic E-state index is 0.0872. The van der Waals surface area contributed by atoms with Crippen molar-refractivity contribution in [3.05, 3.63) is 63.7 Å². The molecular formula is C20H15F4N5O2. The number of fused-ring (bicyclic) bond motifs is 3. The summed E-state index contributed by atoms with van der Waals surface area (Å²) in [6.45, 7) is 0. The Morgan fingerprint density at radius 2 is 1.81 bits per heavy atom. The van der Waals surface area contributed by atoms with Gasteiger partial charge in [0.05, 0.1) is 18.9 Å². The molecule has 0 unspecified atom stereocenters. The van der Waals surface area contributed by atoms with E-state index in [-0.39, 0.29) is 5.52 Å². The molecule has 2 aromatic heterocycles. The van der Waals surface area contributed by atoms with Crippen molar-refractivity contribution in [2.75, 3.05) is 26.1 Å². The third kappa shape index (κ3) is 3.18.